The van der Waals surface area contributed by atoms with Crippen LogP contribution < -0.4 is 5.32 Å². The minimum Gasteiger partial charge on any atom is -0.326 e. The molecule has 112 valence electrons. The molecule has 1 aromatic rings. The summed E-state index contributed by atoms with van der Waals surface area (Å²) in [6.45, 7) is 4.22. The van der Waals surface area contributed by atoms with E-state index in [0.717, 1.165) is 42.7 Å². The Morgan fingerprint density at radius 2 is 1.57 bits per heavy atom. The molecule has 0 unspecified atom stereocenters. The van der Waals surface area contributed by atoms with E-state index in [1.54, 1.807) is 0 Å². The van der Waals surface area contributed by atoms with E-state index in [0.29, 0.717) is 5.91 Å². The van der Waals surface area contributed by atoms with E-state index in [4.69, 9.17) is 0 Å². The maximum absolute atomic E-state index is 13.0. The van der Waals surface area contributed by atoms with Crippen molar-refractivity contribution in [1.82, 2.24) is 0 Å². The van der Waals surface area contributed by atoms with Crippen molar-refractivity contribution >= 4 is 11.6 Å². The second-order valence-electron chi connectivity index (χ2n) is 7.95. The fourth-order valence-corrected chi connectivity index (χ4v) is 5.47. The summed E-state index contributed by atoms with van der Waals surface area (Å²) in [5, 5.41) is 3.23. The van der Waals surface area contributed by atoms with Gasteiger partial charge in [0, 0.05) is 5.69 Å². The van der Waals surface area contributed by atoms with Crippen LogP contribution in [0.5, 0.6) is 0 Å². The topological polar surface area (TPSA) is 29.1 Å². The van der Waals surface area contributed by atoms with E-state index in [9.17, 15) is 4.79 Å². The summed E-state index contributed by atoms with van der Waals surface area (Å²) in [5.74, 6) is 2.76. The Hall–Kier alpha value is -1.31. The highest BCUT2D eigenvalue weighted by Gasteiger charge is 2.54. The first kappa shape index (κ1) is 13.4. The normalized spacial score (nSPS) is 36.8. The fraction of sp³-hybridized carbons (Fsp3) is 0.632. The van der Waals surface area contributed by atoms with Crippen LogP contribution in [-0.2, 0) is 4.79 Å². The molecule has 0 atom stereocenters. The number of hydrogen-bond donors (Lipinski definition) is 1. The molecule has 5 rings (SSSR count). The summed E-state index contributed by atoms with van der Waals surface area (Å²) in [6, 6.07) is 6.25. The molecule has 4 fully saturated rings. The second-order valence-corrected chi connectivity index (χ2v) is 7.95. The summed E-state index contributed by atoms with van der Waals surface area (Å²) < 4.78 is 0. The predicted molar refractivity (Wildman–Crippen MR) is 85.2 cm³/mol. The van der Waals surface area contributed by atoms with Gasteiger partial charge in [-0.05, 0) is 93.4 Å². The zero-order valence-corrected chi connectivity index (χ0v) is 13.1. The Morgan fingerprint density at radius 1 is 1.00 bits per heavy atom. The maximum Gasteiger partial charge on any atom is 0.230 e. The van der Waals surface area contributed by atoms with Gasteiger partial charge in [-0.15, -0.1) is 0 Å². The van der Waals surface area contributed by atoms with Crippen molar-refractivity contribution in [3.63, 3.8) is 0 Å². The zero-order valence-electron chi connectivity index (χ0n) is 13.1. The standard InChI is InChI=1S/C19H25NO/c1-12-3-4-17(5-13(12)2)20-18(21)19-9-14-6-15(10-19)8-16(7-14)11-19/h3-5,14-16H,6-11H2,1-2H3,(H,20,21). The number of hydrogen-bond acceptors (Lipinski definition) is 1. The molecule has 0 aromatic heterocycles. The van der Waals surface area contributed by atoms with Crippen molar-refractivity contribution in [3.8, 4) is 0 Å². The molecule has 1 aromatic carbocycles. The van der Waals surface area contributed by atoms with Gasteiger partial charge in [0.05, 0.1) is 5.41 Å². The molecule has 21 heavy (non-hydrogen) atoms. The number of amides is 1. The molecule has 4 aliphatic rings. The first-order valence-corrected chi connectivity index (χ1v) is 8.43. The van der Waals surface area contributed by atoms with Crippen LogP contribution in [0.15, 0.2) is 18.2 Å². The molecule has 1 N–H and O–H groups in total. The van der Waals surface area contributed by atoms with Crippen molar-refractivity contribution in [2.75, 3.05) is 5.32 Å². The quantitative estimate of drug-likeness (QED) is 0.853. The van der Waals surface area contributed by atoms with Gasteiger partial charge in [0.1, 0.15) is 0 Å². The first-order valence-electron chi connectivity index (χ1n) is 8.43. The highest BCUT2D eigenvalue weighted by Crippen LogP contribution is 2.60. The predicted octanol–water partition coefficient (Wildman–Crippen LogP) is 4.46. The third-order valence-corrected chi connectivity index (χ3v) is 6.28. The number of carbonyl (C=O) groups is 1. The van der Waals surface area contributed by atoms with Gasteiger partial charge >= 0.3 is 0 Å². The lowest BCUT2D eigenvalue weighted by Gasteiger charge is -2.55. The van der Waals surface area contributed by atoms with Gasteiger partial charge in [-0.3, -0.25) is 4.79 Å². The van der Waals surface area contributed by atoms with Crippen molar-refractivity contribution < 1.29 is 4.79 Å². The van der Waals surface area contributed by atoms with Gasteiger partial charge in [0.2, 0.25) is 5.91 Å². The second kappa shape index (κ2) is 4.59. The molecule has 4 saturated carbocycles. The van der Waals surface area contributed by atoms with Gasteiger partial charge in [-0.1, -0.05) is 6.07 Å². The SMILES string of the molecule is Cc1ccc(NC(=O)C23CC4CC(CC(C4)C2)C3)cc1C. The van der Waals surface area contributed by atoms with E-state index < -0.39 is 0 Å². The van der Waals surface area contributed by atoms with Gasteiger partial charge in [-0.25, -0.2) is 0 Å². The Kier molecular flexibility index (Phi) is 2.92. The average Bonchev–Trinajstić information content (AvgIpc) is 2.41. The van der Waals surface area contributed by atoms with Crippen molar-refractivity contribution in [2.45, 2.75) is 52.4 Å². The van der Waals surface area contributed by atoms with Crippen molar-refractivity contribution in [2.24, 2.45) is 23.2 Å². The molecule has 0 saturated heterocycles. The first-order chi connectivity index (χ1) is 10.0. The molecular weight excluding hydrogens is 258 g/mol. The summed E-state index contributed by atoms with van der Waals surface area (Å²) in [5.41, 5.74) is 3.45. The largest absolute Gasteiger partial charge is 0.326 e. The van der Waals surface area contributed by atoms with Crippen LogP contribution in [0, 0.1) is 37.0 Å². The van der Waals surface area contributed by atoms with E-state index in [1.807, 2.05) is 6.07 Å². The number of carbonyl (C=O) groups excluding carboxylic acids is 1. The van der Waals surface area contributed by atoms with E-state index in [1.165, 1.54) is 30.4 Å². The third-order valence-electron chi connectivity index (χ3n) is 6.28. The Balaban J connectivity index is 1.56. The number of anilines is 1. The molecule has 0 heterocycles. The molecule has 0 radical (unpaired) electrons. The van der Waals surface area contributed by atoms with Crippen LogP contribution in [-0.4, -0.2) is 5.91 Å². The Labute approximate surface area is 127 Å². The minimum atomic E-state index is -0.0481. The summed E-state index contributed by atoms with van der Waals surface area (Å²) in [4.78, 5) is 13.0. The molecule has 1 amide bonds. The van der Waals surface area contributed by atoms with Crippen LogP contribution in [0.3, 0.4) is 0 Å². The molecular formula is C19H25NO. The lowest BCUT2D eigenvalue weighted by atomic mass is 9.49. The van der Waals surface area contributed by atoms with Crippen LogP contribution in [0.1, 0.15) is 49.7 Å². The lowest BCUT2D eigenvalue weighted by molar-refractivity contribution is -0.140. The Morgan fingerprint density at radius 3 is 2.10 bits per heavy atom. The van der Waals surface area contributed by atoms with Gasteiger partial charge in [0.15, 0.2) is 0 Å². The maximum atomic E-state index is 13.0. The third kappa shape index (κ3) is 2.20. The molecule has 2 nitrogen and oxygen atoms in total. The van der Waals surface area contributed by atoms with Crippen molar-refractivity contribution in [3.05, 3.63) is 29.3 Å². The van der Waals surface area contributed by atoms with Crippen LogP contribution in [0.25, 0.3) is 0 Å². The summed E-state index contributed by atoms with van der Waals surface area (Å²) in [7, 11) is 0. The van der Waals surface area contributed by atoms with Crippen LogP contribution >= 0.6 is 0 Å². The summed E-state index contributed by atoms with van der Waals surface area (Å²) in [6.07, 6.45) is 7.56. The number of rotatable bonds is 2. The number of benzene rings is 1. The van der Waals surface area contributed by atoms with Gasteiger partial charge in [0.25, 0.3) is 0 Å². The molecule has 0 aliphatic heterocycles. The molecule has 4 aliphatic carbocycles. The molecule has 2 heteroatoms. The van der Waals surface area contributed by atoms with Crippen LogP contribution in [0.2, 0.25) is 0 Å². The van der Waals surface area contributed by atoms with E-state index in [-0.39, 0.29) is 5.41 Å². The minimum absolute atomic E-state index is 0.0481. The van der Waals surface area contributed by atoms with Crippen molar-refractivity contribution in [1.29, 1.82) is 0 Å². The van der Waals surface area contributed by atoms with Crippen LogP contribution in [0.4, 0.5) is 5.69 Å². The highest BCUT2D eigenvalue weighted by atomic mass is 16.2. The van der Waals surface area contributed by atoms with E-state index in [2.05, 4.69) is 31.3 Å². The van der Waals surface area contributed by atoms with E-state index >= 15 is 0 Å². The van der Waals surface area contributed by atoms with Gasteiger partial charge in [-0.2, -0.15) is 0 Å². The monoisotopic (exact) mass is 283 g/mol. The zero-order chi connectivity index (χ0) is 14.6. The fourth-order valence-electron chi connectivity index (χ4n) is 5.47. The summed E-state index contributed by atoms with van der Waals surface area (Å²) >= 11 is 0. The van der Waals surface area contributed by atoms with Gasteiger partial charge < -0.3 is 5.32 Å². The molecule has 0 spiro atoms. The lowest BCUT2D eigenvalue weighted by Crippen LogP contribution is -2.51. The number of nitrogens with one attached hydrogen (secondary N) is 1. The smallest absolute Gasteiger partial charge is 0.230 e. The Bertz CT molecular complexity index is 554. The average molecular weight is 283 g/mol. The number of aryl methyl sites for hydroxylation is 2. The molecule has 4 bridgehead atoms. The highest BCUT2D eigenvalue weighted by molar-refractivity contribution is 5.95.